The monoisotopic (exact) mass is 318 g/mol. The molecule has 0 aliphatic heterocycles. The molecule has 6 heteroatoms. The summed E-state index contributed by atoms with van der Waals surface area (Å²) >= 11 is 11.8. The summed E-state index contributed by atoms with van der Waals surface area (Å²) < 4.78 is 36.8. The lowest BCUT2D eigenvalue weighted by Crippen LogP contribution is -2.22. The molecule has 0 bridgehead atoms. The molecule has 0 unspecified atom stereocenters. The Kier molecular flexibility index (Phi) is 4.06. The van der Waals surface area contributed by atoms with Gasteiger partial charge in [0.15, 0.2) is 0 Å². The summed E-state index contributed by atoms with van der Waals surface area (Å²) in [5, 5.41) is 0.843. The largest absolute Gasteiger partial charge is 0.454 e. The van der Waals surface area contributed by atoms with E-state index in [9.17, 15) is 18.0 Å². The molecule has 0 atom stereocenters. The molecule has 0 saturated carbocycles. The van der Waals surface area contributed by atoms with Crippen LogP contribution >= 0.6 is 23.2 Å². The fourth-order valence-electron chi connectivity index (χ4n) is 1.69. The Morgan fingerprint density at radius 3 is 2.05 bits per heavy atom. The molecule has 104 valence electrons. The SMILES string of the molecule is O=C(c1ccc(-c2ccc(Cl)cc2Cl)cc1)C(F)(F)F. The first-order valence-electron chi connectivity index (χ1n) is 5.46. The van der Waals surface area contributed by atoms with Crippen LogP contribution in [-0.2, 0) is 0 Å². The third-order valence-corrected chi connectivity index (χ3v) is 3.19. The van der Waals surface area contributed by atoms with E-state index < -0.39 is 17.5 Å². The number of alkyl halides is 3. The first kappa shape index (κ1) is 14.9. The summed E-state index contributed by atoms with van der Waals surface area (Å²) in [6, 6.07) is 9.88. The highest BCUT2D eigenvalue weighted by Crippen LogP contribution is 2.31. The van der Waals surface area contributed by atoms with Crippen molar-refractivity contribution < 1.29 is 18.0 Å². The van der Waals surface area contributed by atoms with Crippen molar-refractivity contribution in [3.8, 4) is 11.1 Å². The maximum absolute atomic E-state index is 12.3. The first-order chi connectivity index (χ1) is 9.29. The summed E-state index contributed by atoms with van der Waals surface area (Å²) in [5.41, 5.74) is 0.818. The van der Waals surface area contributed by atoms with Crippen LogP contribution in [0.1, 0.15) is 10.4 Å². The molecule has 0 aliphatic carbocycles. The predicted molar refractivity (Wildman–Crippen MR) is 72.3 cm³/mol. The van der Waals surface area contributed by atoms with Crippen molar-refractivity contribution in [2.24, 2.45) is 0 Å². The van der Waals surface area contributed by atoms with Crippen LogP contribution in [-0.4, -0.2) is 12.0 Å². The normalized spacial score (nSPS) is 11.4. The Balaban J connectivity index is 2.35. The van der Waals surface area contributed by atoms with Crippen molar-refractivity contribution in [3.05, 3.63) is 58.1 Å². The molecular formula is C14H7Cl2F3O. The van der Waals surface area contributed by atoms with Crippen LogP contribution < -0.4 is 0 Å². The molecule has 0 N–H and O–H groups in total. The van der Waals surface area contributed by atoms with Crippen LogP contribution in [0.15, 0.2) is 42.5 Å². The van der Waals surface area contributed by atoms with Gasteiger partial charge in [0.05, 0.1) is 0 Å². The summed E-state index contributed by atoms with van der Waals surface area (Å²) in [6.45, 7) is 0. The highest BCUT2D eigenvalue weighted by molar-refractivity contribution is 6.36. The first-order valence-corrected chi connectivity index (χ1v) is 6.21. The van der Waals surface area contributed by atoms with Gasteiger partial charge in [-0.15, -0.1) is 0 Å². The van der Waals surface area contributed by atoms with E-state index in [4.69, 9.17) is 23.2 Å². The van der Waals surface area contributed by atoms with Gasteiger partial charge in [0.1, 0.15) is 0 Å². The van der Waals surface area contributed by atoms with Gasteiger partial charge in [-0.3, -0.25) is 4.79 Å². The number of halogens is 5. The molecule has 2 rings (SSSR count). The van der Waals surface area contributed by atoms with E-state index in [1.54, 1.807) is 12.1 Å². The number of rotatable bonds is 2. The van der Waals surface area contributed by atoms with Crippen molar-refractivity contribution in [3.63, 3.8) is 0 Å². The second-order valence-corrected chi connectivity index (χ2v) is 4.87. The minimum absolute atomic E-state index is 0.382. The molecule has 0 saturated heterocycles. The van der Waals surface area contributed by atoms with Crippen LogP contribution in [0.2, 0.25) is 10.0 Å². The van der Waals surface area contributed by atoms with Gasteiger partial charge in [0, 0.05) is 21.2 Å². The second-order valence-electron chi connectivity index (χ2n) is 4.03. The Bertz CT molecular complexity index is 648. The Labute approximate surface area is 122 Å². The summed E-state index contributed by atoms with van der Waals surface area (Å²) in [5.74, 6) is -1.87. The van der Waals surface area contributed by atoms with E-state index in [0.29, 0.717) is 21.2 Å². The topological polar surface area (TPSA) is 17.1 Å². The summed E-state index contributed by atoms with van der Waals surface area (Å²) in [7, 11) is 0. The number of Topliss-reactive ketones (excluding diaryl/α,β-unsaturated/α-hetero) is 1. The van der Waals surface area contributed by atoms with Crippen LogP contribution in [0.3, 0.4) is 0 Å². The van der Waals surface area contributed by atoms with E-state index in [0.717, 1.165) is 12.1 Å². The molecule has 0 aliphatic rings. The quantitative estimate of drug-likeness (QED) is 0.677. The molecule has 0 amide bonds. The molecule has 0 radical (unpaired) electrons. The predicted octanol–water partition coefficient (Wildman–Crippen LogP) is 5.41. The van der Waals surface area contributed by atoms with Gasteiger partial charge >= 0.3 is 6.18 Å². The standard InChI is InChI=1S/C14H7Cl2F3O/c15-10-5-6-11(12(16)7-10)8-1-3-9(4-2-8)13(20)14(17,18)19/h1-7H. The Hall–Kier alpha value is -1.52. The van der Waals surface area contributed by atoms with Crippen molar-refractivity contribution in [1.82, 2.24) is 0 Å². The van der Waals surface area contributed by atoms with Crippen molar-refractivity contribution in [2.45, 2.75) is 6.18 Å². The van der Waals surface area contributed by atoms with Crippen molar-refractivity contribution in [2.75, 3.05) is 0 Å². The summed E-state index contributed by atoms with van der Waals surface area (Å²) in [6.07, 6.45) is -4.88. The zero-order valence-electron chi connectivity index (χ0n) is 9.84. The zero-order chi connectivity index (χ0) is 14.9. The van der Waals surface area contributed by atoms with Gasteiger partial charge in [-0.25, -0.2) is 0 Å². The average Bonchev–Trinajstić information content (AvgIpc) is 2.37. The minimum atomic E-state index is -4.88. The maximum atomic E-state index is 12.3. The van der Waals surface area contributed by atoms with Gasteiger partial charge in [-0.1, -0.05) is 53.5 Å². The zero-order valence-corrected chi connectivity index (χ0v) is 11.4. The van der Waals surface area contributed by atoms with Gasteiger partial charge in [-0.2, -0.15) is 13.2 Å². The highest BCUT2D eigenvalue weighted by atomic mass is 35.5. The fourth-order valence-corrected chi connectivity index (χ4v) is 2.21. The molecule has 0 aromatic heterocycles. The second kappa shape index (κ2) is 5.46. The van der Waals surface area contributed by atoms with Crippen LogP contribution in [0.5, 0.6) is 0 Å². The van der Waals surface area contributed by atoms with E-state index in [2.05, 4.69) is 0 Å². The highest BCUT2D eigenvalue weighted by Gasteiger charge is 2.39. The van der Waals surface area contributed by atoms with Crippen molar-refractivity contribution >= 4 is 29.0 Å². The van der Waals surface area contributed by atoms with E-state index in [-0.39, 0.29) is 0 Å². The Morgan fingerprint density at radius 2 is 1.55 bits per heavy atom. The third kappa shape index (κ3) is 3.14. The molecule has 0 spiro atoms. The molecular weight excluding hydrogens is 312 g/mol. The number of hydrogen-bond acceptors (Lipinski definition) is 1. The molecule has 0 fully saturated rings. The fraction of sp³-hybridized carbons (Fsp3) is 0.0714. The van der Waals surface area contributed by atoms with Crippen molar-refractivity contribution in [1.29, 1.82) is 0 Å². The lowest BCUT2D eigenvalue weighted by molar-refractivity contribution is -0.0885. The molecule has 1 nitrogen and oxygen atoms in total. The lowest BCUT2D eigenvalue weighted by atomic mass is 10.0. The van der Waals surface area contributed by atoms with Crippen LogP contribution in [0.25, 0.3) is 11.1 Å². The van der Waals surface area contributed by atoms with Gasteiger partial charge in [-0.05, 0) is 17.7 Å². The van der Waals surface area contributed by atoms with E-state index in [1.165, 1.54) is 18.2 Å². The molecule has 2 aromatic carbocycles. The van der Waals surface area contributed by atoms with Crippen LogP contribution in [0, 0.1) is 0 Å². The third-order valence-electron chi connectivity index (χ3n) is 2.65. The number of carbonyl (C=O) groups excluding carboxylic acids is 1. The Morgan fingerprint density at radius 1 is 0.950 bits per heavy atom. The van der Waals surface area contributed by atoms with Gasteiger partial charge < -0.3 is 0 Å². The summed E-state index contributed by atoms with van der Waals surface area (Å²) in [4.78, 5) is 11.1. The number of benzene rings is 2. The van der Waals surface area contributed by atoms with E-state index >= 15 is 0 Å². The van der Waals surface area contributed by atoms with E-state index in [1.807, 2.05) is 0 Å². The molecule has 20 heavy (non-hydrogen) atoms. The van der Waals surface area contributed by atoms with Gasteiger partial charge in [0.25, 0.3) is 5.78 Å². The number of ketones is 1. The van der Waals surface area contributed by atoms with Crippen LogP contribution in [0.4, 0.5) is 13.2 Å². The smallest absolute Gasteiger partial charge is 0.284 e. The molecule has 2 aromatic rings. The van der Waals surface area contributed by atoms with Gasteiger partial charge in [0.2, 0.25) is 0 Å². The molecule has 0 heterocycles. The lowest BCUT2D eigenvalue weighted by Gasteiger charge is -2.08. The minimum Gasteiger partial charge on any atom is -0.284 e. The average molecular weight is 319 g/mol. The number of hydrogen-bond donors (Lipinski definition) is 0. The maximum Gasteiger partial charge on any atom is 0.454 e. The number of carbonyl (C=O) groups is 1.